The van der Waals surface area contributed by atoms with Crippen LogP contribution in [0.15, 0.2) is 42.6 Å². The molecule has 1 fully saturated rings. The zero-order chi connectivity index (χ0) is 17.8. The zero-order valence-electron chi connectivity index (χ0n) is 14.8. The first kappa shape index (κ1) is 17.1. The zero-order valence-corrected chi connectivity index (χ0v) is 14.8. The molecule has 0 bridgehead atoms. The van der Waals surface area contributed by atoms with E-state index in [1.54, 1.807) is 6.20 Å². The fourth-order valence-electron chi connectivity index (χ4n) is 2.88. The number of urea groups is 1. The summed E-state index contributed by atoms with van der Waals surface area (Å²) in [7, 11) is 0. The van der Waals surface area contributed by atoms with Crippen molar-refractivity contribution >= 4 is 23.2 Å². The lowest BCUT2D eigenvalue weighted by molar-refractivity contribution is 0.208. The van der Waals surface area contributed by atoms with Crippen LogP contribution in [0.5, 0.6) is 0 Å². The molecule has 0 unspecified atom stereocenters. The highest BCUT2D eigenvalue weighted by Gasteiger charge is 2.21. The van der Waals surface area contributed by atoms with Gasteiger partial charge in [-0.1, -0.05) is 26.0 Å². The van der Waals surface area contributed by atoms with E-state index in [-0.39, 0.29) is 6.03 Å². The Morgan fingerprint density at radius 1 is 1.08 bits per heavy atom. The van der Waals surface area contributed by atoms with Gasteiger partial charge in [-0.2, -0.15) is 0 Å². The van der Waals surface area contributed by atoms with E-state index in [0.29, 0.717) is 24.7 Å². The van der Waals surface area contributed by atoms with Gasteiger partial charge in [-0.25, -0.2) is 9.78 Å². The summed E-state index contributed by atoms with van der Waals surface area (Å²) in [4.78, 5) is 20.8. The van der Waals surface area contributed by atoms with Gasteiger partial charge in [0.05, 0.1) is 11.9 Å². The average Bonchev–Trinajstić information content (AvgIpc) is 2.63. The van der Waals surface area contributed by atoms with Gasteiger partial charge in [0, 0.05) is 31.9 Å². The van der Waals surface area contributed by atoms with E-state index in [1.165, 1.54) is 5.56 Å². The third kappa shape index (κ3) is 4.21. The van der Waals surface area contributed by atoms with E-state index in [9.17, 15) is 4.79 Å². The Labute approximate surface area is 148 Å². The van der Waals surface area contributed by atoms with Crippen molar-refractivity contribution in [3.8, 4) is 0 Å². The molecule has 0 aliphatic carbocycles. The van der Waals surface area contributed by atoms with Gasteiger partial charge in [0.15, 0.2) is 0 Å². The van der Waals surface area contributed by atoms with Gasteiger partial charge in [0.25, 0.3) is 0 Å². The van der Waals surface area contributed by atoms with Gasteiger partial charge in [-0.05, 0) is 35.7 Å². The number of nitrogen functional groups attached to an aromatic ring is 1. The number of aromatic nitrogens is 1. The van der Waals surface area contributed by atoms with Crippen LogP contribution in [0.4, 0.5) is 22.0 Å². The number of piperazine rings is 1. The van der Waals surface area contributed by atoms with Gasteiger partial charge < -0.3 is 20.9 Å². The van der Waals surface area contributed by atoms with E-state index in [2.05, 4.69) is 41.2 Å². The molecule has 0 spiro atoms. The number of benzene rings is 1. The second kappa shape index (κ2) is 7.42. The van der Waals surface area contributed by atoms with Crippen molar-refractivity contribution in [1.29, 1.82) is 0 Å². The Morgan fingerprint density at radius 3 is 2.32 bits per heavy atom. The highest BCUT2D eigenvalue weighted by molar-refractivity contribution is 5.89. The van der Waals surface area contributed by atoms with Crippen molar-refractivity contribution in [2.45, 2.75) is 19.8 Å². The summed E-state index contributed by atoms with van der Waals surface area (Å²) >= 11 is 0. The summed E-state index contributed by atoms with van der Waals surface area (Å²) in [6.45, 7) is 7.17. The van der Waals surface area contributed by atoms with Crippen LogP contribution >= 0.6 is 0 Å². The first-order valence-electron chi connectivity index (χ1n) is 8.65. The first-order chi connectivity index (χ1) is 12.0. The number of carbonyl (C=O) groups is 1. The van der Waals surface area contributed by atoms with Gasteiger partial charge in [0.2, 0.25) is 0 Å². The third-order valence-corrected chi connectivity index (χ3v) is 4.49. The molecule has 0 radical (unpaired) electrons. The minimum absolute atomic E-state index is 0.0535. The van der Waals surface area contributed by atoms with Crippen LogP contribution in [0.3, 0.4) is 0 Å². The van der Waals surface area contributed by atoms with Crippen molar-refractivity contribution in [2.75, 3.05) is 42.1 Å². The number of amides is 2. The van der Waals surface area contributed by atoms with Crippen LogP contribution in [0.2, 0.25) is 0 Å². The number of nitrogens with one attached hydrogen (secondary N) is 1. The Hall–Kier alpha value is -2.76. The molecule has 1 aromatic carbocycles. The second-order valence-corrected chi connectivity index (χ2v) is 6.63. The molecule has 2 amide bonds. The minimum atomic E-state index is -0.0535. The molecule has 6 heteroatoms. The average molecular weight is 339 g/mol. The molecule has 132 valence electrons. The Balaban J connectivity index is 1.53. The van der Waals surface area contributed by atoms with E-state index in [4.69, 9.17) is 5.73 Å². The molecular formula is C19H25N5O. The molecule has 2 heterocycles. The number of nitrogens with zero attached hydrogens (tertiary/aromatic N) is 3. The Morgan fingerprint density at radius 2 is 1.76 bits per heavy atom. The van der Waals surface area contributed by atoms with Crippen LogP contribution in [-0.4, -0.2) is 42.1 Å². The molecule has 1 aromatic heterocycles. The summed E-state index contributed by atoms with van der Waals surface area (Å²) in [6, 6.07) is 11.8. The molecule has 25 heavy (non-hydrogen) atoms. The molecule has 1 saturated heterocycles. The number of anilines is 3. The van der Waals surface area contributed by atoms with Crippen molar-refractivity contribution in [1.82, 2.24) is 9.88 Å². The SMILES string of the molecule is CC(C)c1ccc(NC(=O)N2CCN(c3ccc(N)cn3)CC2)cc1. The lowest BCUT2D eigenvalue weighted by Gasteiger charge is -2.35. The van der Waals surface area contributed by atoms with E-state index >= 15 is 0 Å². The molecule has 1 aliphatic rings. The fourth-order valence-corrected chi connectivity index (χ4v) is 2.88. The van der Waals surface area contributed by atoms with Gasteiger partial charge in [-0.15, -0.1) is 0 Å². The molecule has 0 saturated carbocycles. The predicted molar refractivity (Wildman–Crippen MR) is 102 cm³/mol. The normalized spacial score (nSPS) is 14.7. The Kier molecular flexibility index (Phi) is 5.07. The minimum Gasteiger partial charge on any atom is -0.397 e. The first-order valence-corrected chi connectivity index (χ1v) is 8.65. The summed E-state index contributed by atoms with van der Waals surface area (Å²) in [6.07, 6.45) is 1.66. The third-order valence-electron chi connectivity index (χ3n) is 4.49. The molecule has 6 nitrogen and oxygen atoms in total. The highest BCUT2D eigenvalue weighted by Crippen LogP contribution is 2.18. The van der Waals surface area contributed by atoms with Gasteiger partial charge >= 0.3 is 6.03 Å². The van der Waals surface area contributed by atoms with Gasteiger partial charge in [-0.3, -0.25) is 0 Å². The van der Waals surface area contributed by atoms with Crippen molar-refractivity contribution < 1.29 is 4.79 Å². The number of rotatable bonds is 3. The maximum atomic E-state index is 12.4. The van der Waals surface area contributed by atoms with Crippen LogP contribution in [0, 0.1) is 0 Å². The standard InChI is InChI=1S/C19H25N5O/c1-14(2)15-3-6-17(7-4-15)22-19(25)24-11-9-23(10-12-24)18-8-5-16(20)13-21-18/h3-8,13-14H,9-12,20H2,1-2H3,(H,22,25). The maximum absolute atomic E-state index is 12.4. The molecule has 3 N–H and O–H groups in total. The maximum Gasteiger partial charge on any atom is 0.321 e. The number of carbonyl (C=O) groups excluding carboxylic acids is 1. The van der Waals surface area contributed by atoms with Gasteiger partial charge in [0.1, 0.15) is 5.82 Å². The smallest absolute Gasteiger partial charge is 0.321 e. The summed E-state index contributed by atoms with van der Waals surface area (Å²) < 4.78 is 0. The second-order valence-electron chi connectivity index (χ2n) is 6.63. The number of nitrogens with two attached hydrogens (primary N) is 1. The predicted octanol–water partition coefficient (Wildman–Crippen LogP) is 3.14. The van der Waals surface area contributed by atoms with E-state index < -0.39 is 0 Å². The highest BCUT2D eigenvalue weighted by atomic mass is 16.2. The summed E-state index contributed by atoms with van der Waals surface area (Å²) in [5.74, 6) is 1.39. The van der Waals surface area contributed by atoms with Crippen molar-refractivity contribution in [3.63, 3.8) is 0 Å². The molecule has 1 aliphatic heterocycles. The van der Waals surface area contributed by atoms with Crippen LogP contribution in [0.1, 0.15) is 25.3 Å². The lowest BCUT2D eigenvalue weighted by Crippen LogP contribution is -2.50. The Bertz CT molecular complexity index is 704. The topological polar surface area (TPSA) is 74.5 Å². The van der Waals surface area contributed by atoms with Crippen molar-refractivity contribution in [2.24, 2.45) is 0 Å². The lowest BCUT2D eigenvalue weighted by atomic mass is 10.0. The summed E-state index contributed by atoms with van der Waals surface area (Å²) in [5.41, 5.74) is 8.43. The number of hydrogen-bond donors (Lipinski definition) is 2. The molecule has 0 atom stereocenters. The summed E-state index contributed by atoms with van der Waals surface area (Å²) in [5, 5.41) is 2.98. The monoisotopic (exact) mass is 339 g/mol. The number of pyridine rings is 1. The largest absolute Gasteiger partial charge is 0.397 e. The number of hydrogen-bond acceptors (Lipinski definition) is 4. The molecule has 2 aromatic rings. The quantitative estimate of drug-likeness (QED) is 0.901. The molecular weight excluding hydrogens is 314 g/mol. The van der Waals surface area contributed by atoms with E-state index in [0.717, 1.165) is 24.6 Å². The van der Waals surface area contributed by atoms with Crippen LogP contribution < -0.4 is 16.0 Å². The van der Waals surface area contributed by atoms with Crippen molar-refractivity contribution in [3.05, 3.63) is 48.2 Å². The fraction of sp³-hybridized carbons (Fsp3) is 0.368. The van der Waals surface area contributed by atoms with Crippen LogP contribution in [-0.2, 0) is 0 Å². The van der Waals surface area contributed by atoms with E-state index in [1.807, 2.05) is 29.2 Å². The molecule has 3 rings (SSSR count). The van der Waals surface area contributed by atoms with Crippen LogP contribution in [0.25, 0.3) is 0 Å².